The number of hydrogen-bond donors (Lipinski definition) is 2. The molecule has 0 radical (unpaired) electrons. The normalized spacial score (nSPS) is 24.4. The van der Waals surface area contributed by atoms with Crippen LogP contribution in [0.3, 0.4) is 0 Å². The molecule has 0 aliphatic carbocycles. The summed E-state index contributed by atoms with van der Waals surface area (Å²) in [5.41, 5.74) is 6.82. The standard InChI is InChI=1S/C19H27N3O3/c20-15(12-18(23)25-13-14-6-2-1-3-7-14)19(24)21-16-9-11-22-10-5-4-8-17(16)22/h1-3,6-7,15-17H,4-5,8-13,20H2,(H,21,24)/t15-,16?,17?/m0/s1. The summed E-state index contributed by atoms with van der Waals surface area (Å²) in [7, 11) is 0. The van der Waals surface area contributed by atoms with Gasteiger partial charge in [0.1, 0.15) is 6.61 Å². The fourth-order valence-corrected chi connectivity index (χ4v) is 3.77. The summed E-state index contributed by atoms with van der Waals surface area (Å²) in [5.74, 6) is -0.702. The second kappa shape index (κ2) is 8.45. The molecule has 2 saturated heterocycles. The highest BCUT2D eigenvalue weighted by molar-refractivity contribution is 5.86. The Labute approximate surface area is 148 Å². The number of nitrogens with two attached hydrogens (primary N) is 1. The average Bonchev–Trinajstić information content (AvgIpc) is 3.04. The van der Waals surface area contributed by atoms with Crippen molar-refractivity contribution in [2.24, 2.45) is 5.73 Å². The predicted octanol–water partition coefficient (Wildman–Crippen LogP) is 1.19. The topological polar surface area (TPSA) is 84.7 Å². The predicted molar refractivity (Wildman–Crippen MR) is 94.6 cm³/mol. The molecule has 3 N–H and O–H groups in total. The highest BCUT2D eigenvalue weighted by Crippen LogP contribution is 2.27. The molecule has 0 bridgehead atoms. The van der Waals surface area contributed by atoms with Crippen LogP contribution in [0.4, 0.5) is 0 Å². The maximum atomic E-state index is 12.3. The molecule has 25 heavy (non-hydrogen) atoms. The third-order valence-corrected chi connectivity index (χ3v) is 5.15. The van der Waals surface area contributed by atoms with Crippen molar-refractivity contribution in [2.45, 2.75) is 56.8 Å². The van der Waals surface area contributed by atoms with Crippen LogP contribution in [0.2, 0.25) is 0 Å². The lowest BCUT2D eigenvalue weighted by Crippen LogP contribution is -2.51. The van der Waals surface area contributed by atoms with Gasteiger partial charge in [0, 0.05) is 18.6 Å². The monoisotopic (exact) mass is 345 g/mol. The number of benzene rings is 1. The van der Waals surface area contributed by atoms with E-state index in [1.807, 2.05) is 30.3 Å². The molecular weight excluding hydrogens is 318 g/mol. The van der Waals surface area contributed by atoms with Crippen LogP contribution >= 0.6 is 0 Å². The second-order valence-electron chi connectivity index (χ2n) is 6.96. The third kappa shape index (κ3) is 4.80. The first kappa shape index (κ1) is 17.9. The number of nitrogens with one attached hydrogen (secondary N) is 1. The zero-order valence-corrected chi connectivity index (χ0v) is 14.5. The van der Waals surface area contributed by atoms with Crippen LogP contribution in [0, 0.1) is 0 Å². The molecule has 2 fully saturated rings. The molecule has 1 amide bonds. The molecule has 0 aromatic heterocycles. The molecule has 3 rings (SSSR count). The number of rotatable bonds is 6. The van der Waals surface area contributed by atoms with Gasteiger partial charge in [0.2, 0.25) is 5.91 Å². The Morgan fingerprint density at radius 1 is 1.20 bits per heavy atom. The van der Waals surface area contributed by atoms with Crippen LogP contribution < -0.4 is 11.1 Å². The summed E-state index contributed by atoms with van der Waals surface area (Å²) in [6.07, 6.45) is 4.44. The van der Waals surface area contributed by atoms with Crippen LogP contribution in [0.5, 0.6) is 0 Å². The minimum absolute atomic E-state index is 0.0975. The van der Waals surface area contributed by atoms with Gasteiger partial charge in [-0.2, -0.15) is 0 Å². The lowest BCUT2D eigenvalue weighted by Gasteiger charge is -2.32. The number of carbonyl (C=O) groups excluding carboxylic acids is 2. The van der Waals surface area contributed by atoms with Gasteiger partial charge in [-0.15, -0.1) is 0 Å². The van der Waals surface area contributed by atoms with Crippen molar-refractivity contribution in [3.8, 4) is 0 Å². The largest absolute Gasteiger partial charge is 0.461 e. The molecule has 3 atom stereocenters. The first-order valence-electron chi connectivity index (χ1n) is 9.13. The number of piperidine rings is 1. The van der Waals surface area contributed by atoms with E-state index in [2.05, 4.69) is 10.2 Å². The molecule has 2 aliphatic rings. The van der Waals surface area contributed by atoms with E-state index in [0.29, 0.717) is 6.04 Å². The Bertz CT molecular complexity index is 593. The van der Waals surface area contributed by atoms with E-state index in [-0.39, 0.29) is 25.0 Å². The quantitative estimate of drug-likeness (QED) is 0.757. The van der Waals surface area contributed by atoms with E-state index >= 15 is 0 Å². The molecule has 1 aromatic carbocycles. The van der Waals surface area contributed by atoms with Gasteiger partial charge in [-0.05, 0) is 31.4 Å². The van der Waals surface area contributed by atoms with Crippen LogP contribution in [0.1, 0.15) is 37.7 Å². The summed E-state index contributed by atoms with van der Waals surface area (Å²) in [6.45, 7) is 2.35. The fourth-order valence-electron chi connectivity index (χ4n) is 3.77. The molecule has 1 aromatic rings. The Kier molecular flexibility index (Phi) is 6.04. The summed E-state index contributed by atoms with van der Waals surface area (Å²) >= 11 is 0. The number of ether oxygens (including phenoxy) is 1. The number of hydrogen-bond acceptors (Lipinski definition) is 5. The van der Waals surface area contributed by atoms with E-state index in [4.69, 9.17) is 10.5 Å². The van der Waals surface area contributed by atoms with E-state index < -0.39 is 12.0 Å². The van der Waals surface area contributed by atoms with Crippen molar-refractivity contribution in [2.75, 3.05) is 13.1 Å². The van der Waals surface area contributed by atoms with Gasteiger partial charge in [0.15, 0.2) is 0 Å². The van der Waals surface area contributed by atoms with Crippen LogP contribution in [-0.4, -0.2) is 48.0 Å². The van der Waals surface area contributed by atoms with Crippen LogP contribution in [0.25, 0.3) is 0 Å². The molecule has 2 heterocycles. The minimum atomic E-state index is -0.860. The maximum Gasteiger partial charge on any atom is 0.308 e. The van der Waals surface area contributed by atoms with E-state index in [1.54, 1.807) is 0 Å². The number of fused-ring (bicyclic) bond motifs is 1. The fraction of sp³-hybridized carbons (Fsp3) is 0.579. The summed E-state index contributed by atoms with van der Waals surface area (Å²) < 4.78 is 5.20. The highest BCUT2D eigenvalue weighted by atomic mass is 16.5. The smallest absolute Gasteiger partial charge is 0.308 e. The lowest BCUT2D eigenvalue weighted by atomic mass is 9.98. The Morgan fingerprint density at radius 2 is 2.00 bits per heavy atom. The molecule has 0 saturated carbocycles. The maximum absolute atomic E-state index is 12.3. The Balaban J connectivity index is 1.42. The van der Waals surface area contributed by atoms with Gasteiger partial charge in [-0.25, -0.2) is 0 Å². The first-order chi connectivity index (χ1) is 12.1. The molecule has 0 spiro atoms. The van der Waals surface area contributed by atoms with Gasteiger partial charge >= 0.3 is 5.97 Å². The van der Waals surface area contributed by atoms with Crippen LogP contribution in [0.15, 0.2) is 30.3 Å². The van der Waals surface area contributed by atoms with E-state index in [9.17, 15) is 9.59 Å². The molecular formula is C19H27N3O3. The number of nitrogens with zero attached hydrogens (tertiary/aromatic N) is 1. The SMILES string of the molecule is N[C@@H](CC(=O)OCc1ccccc1)C(=O)NC1CCN2CCCCC12. The van der Waals surface area contributed by atoms with Crippen molar-refractivity contribution < 1.29 is 14.3 Å². The zero-order valence-electron chi connectivity index (χ0n) is 14.5. The molecule has 2 aliphatic heterocycles. The molecule has 136 valence electrons. The van der Waals surface area contributed by atoms with Crippen molar-refractivity contribution >= 4 is 11.9 Å². The van der Waals surface area contributed by atoms with E-state index in [1.165, 1.54) is 12.8 Å². The molecule has 6 nitrogen and oxygen atoms in total. The van der Waals surface area contributed by atoms with E-state index in [0.717, 1.165) is 31.5 Å². The van der Waals surface area contributed by atoms with Gasteiger partial charge in [-0.1, -0.05) is 36.8 Å². The molecule has 6 heteroatoms. The summed E-state index contributed by atoms with van der Waals surface area (Å²) in [5, 5.41) is 3.04. The second-order valence-corrected chi connectivity index (χ2v) is 6.96. The van der Waals surface area contributed by atoms with Gasteiger partial charge < -0.3 is 15.8 Å². The number of carbonyl (C=O) groups is 2. The Hall–Kier alpha value is -1.92. The number of esters is 1. The molecule has 2 unspecified atom stereocenters. The Morgan fingerprint density at radius 3 is 2.80 bits per heavy atom. The highest BCUT2D eigenvalue weighted by Gasteiger charge is 2.36. The van der Waals surface area contributed by atoms with Crippen molar-refractivity contribution in [1.82, 2.24) is 10.2 Å². The zero-order chi connectivity index (χ0) is 17.6. The summed E-state index contributed by atoms with van der Waals surface area (Å²) in [4.78, 5) is 26.7. The third-order valence-electron chi connectivity index (χ3n) is 5.15. The summed E-state index contributed by atoms with van der Waals surface area (Å²) in [6, 6.07) is 9.17. The van der Waals surface area contributed by atoms with Crippen molar-refractivity contribution in [3.63, 3.8) is 0 Å². The number of amides is 1. The van der Waals surface area contributed by atoms with Gasteiger partial charge in [0.25, 0.3) is 0 Å². The van der Waals surface area contributed by atoms with Gasteiger partial charge in [0.05, 0.1) is 12.5 Å². The van der Waals surface area contributed by atoms with Gasteiger partial charge in [-0.3, -0.25) is 14.5 Å². The van der Waals surface area contributed by atoms with Crippen LogP contribution in [-0.2, 0) is 20.9 Å². The van der Waals surface area contributed by atoms with Crippen molar-refractivity contribution in [1.29, 1.82) is 0 Å². The van der Waals surface area contributed by atoms with Crippen molar-refractivity contribution in [3.05, 3.63) is 35.9 Å². The first-order valence-corrected chi connectivity index (χ1v) is 9.13. The minimum Gasteiger partial charge on any atom is -0.461 e. The average molecular weight is 345 g/mol. The lowest BCUT2D eigenvalue weighted by molar-refractivity contribution is -0.146.